The summed E-state index contributed by atoms with van der Waals surface area (Å²) in [6, 6.07) is 7.61. The molecule has 0 saturated carbocycles. The van der Waals surface area contributed by atoms with Gasteiger partial charge in [-0.05, 0) is 35.9 Å². The third-order valence-electron chi connectivity index (χ3n) is 3.40. The number of ketones is 1. The lowest BCUT2D eigenvalue weighted by Crippen LogP contribution is -1.98. The fraction of sp³-hybridized carbons (Fsp3) is 0.167. The van der Waals surface area contributed by atoms with Crippen LogP contribution >= 0.6 is 0 Å². The van der Waals surface area contributed by atoms with E-state index >= 15 is 0 Å². The lowest BCUT2D eigenvalue weighted by atomic mass is 10.1. The van der Waals surface area contributed by atoms with Crippen LogP contribution in [0.3, 0.4) is 0 Å². The van der Waals surface area contributed by atoms with Gasteiger partial charge in [0.1, 0.15) is 0 Å². The minimum Gasteiger partial charge on any atom is -0.504 e. The number of aromatic hydroxyl groups is 2. The molecule has 2 N–H and O–H groups in total. The zero-order valence-corrected chi connectivity index (χ0v) is 13.6. The Hall–Kier alpha value is -3.15. The topological polar surface area (TPSA) is 85.2 Å². The molecule has 6 nitrogen and oxygen atoms in total. The number of carbonyl (C=O) groups excluding carboxylic acids is 1. The number of rotatable bonds is 6. The second kappa shape index (κ2) is 7.41. The Balaban J connectivity index is 2.29. The molecule has 2 rings (SSSR count). The van der Waals surface area contributed by atoms with Gasteiger partial charge in [-0.3, -0.25) is 4.79 Å². The molecule has 0 atom stereocenters. The van der Waals surface area contributed by atoms with E-state index in [-0.39, 0.29) is 28.8 Å². The van der Waals surface area contributed by atoms with E-state index in [1.807, 2.05) is 0 Å². The van der Waals surface area contributed by atoms with E-state index in [2.05, 4.69) is 0 Å². The smallest absolute Gasteiger partial charge is 0.200 e. The first-order valence-corrected chi connectivity index (χ1v) is 7.04. The molecule has 0 aliphatic carbocycles. The maximum Gasteiger partial charge on any atom is 0.200 e. The zero-order valence-electron chi connectivity index (χ0n) is 13.6. The minimum atomic E-state index is -0.293. The molecule has 0 bridgehead atoms. The van der Waals surface area contributed by atoms with Crippen molar-refractivity contribution in [3.8, 4) is 28.7 Å². The average Bonchev–Trinajstić information content (AvgIpc) is 2.60. The first-order valence-electron chi connectivity index (χ1n) is 7.04. The fourth-order valence-electron chi connectivity index (χ4n) is 2.10. The Morgan fingerprint density at radius 3 is 2.04 bits per heavy atom. The van der Waals surface area contributed by atoms with E-state index in [1.54, 1.807) is 18.2 Å². The van der Waals surface area contributed by atoms with E-state index in [0.717, 1.165) is 0 Å². The Morgan fingerprint density at radius 2 is 1.50 bits per heavy atom. The van der Waals surface area contributed by atoms with Gasteiger partial charge in [-0.2, -0.15) is 0 Å². The average molecular weight is 330 g/mol. The number of hydrogen-bond donors (Lipinski definition) is 2. The predicted molar refractivity (Wildman–Crippen MR) is 89.2 cm³/mol. The molecule has 0 saturated heterocycles. The van der Waals surface area contributed by atoms with Crippen LogP contribution in [-0.2, 0) is 0 Å². The van der Waals surface area contributed by atoms with E-state index in [4.69, 9.17) is 14.2 Å². The molecule has 0 amide bonds. The third kappa shape index (κ3) is 3.60. The van der Waals surface area contributed by atoms with Crippen molar-refractivity contribution in [2.24, 2.45) is 0 Å². The van der Waals surface area contributed by atoms with Gasteiger partial charge in [-0.25, -0.2) is 0 Å². The van der Waals surface area contributed by atoms with Crippen molar-refractivity contribution in [2.75, 3.05) is 21.3 Å². The van der Waals surface area contributed by atoms with Crippen molar-refractivity contribution < 1.29 is 29.2 Å². The van der Waals surface area contributed by atoms with Crippen molar-refractivity contribution in [1.82, 2.24) is 0 Å². The van der Waals surface area contributed by atoms with Gasteiger partial charge in [0.05, 0.1) is 21.3 Å². The van der Waals surface area contributed by atoms with Crippen molar-refractivity contribution in [3.63, 3.8) is 0 Å². The standard InChI is InChI=1S/C18H18O6/c1-22-15-8-11(5-7-14(15)20)4-6-13(19)12-9-16(23-2)18(21)17(10-12)24-3/h4-10,20-21H,1-3H3/b6-4+. The molecule has 126 valence electrons. The normalized spacial score (nSPS) is 10.6. The van der Waals surface area contributed by atoms with Gasteiger partial charge in [-0.15, -0.1) is 0 Å². The zero-order chi connectivity index (χ0) is 17.7. The Kier molecular flexibility index (Phi) is 5.31. The largest absolute Gasteiger partial charge is 0.504 e. The number of ether oxygens (including phenoxy) is 3. The van der Waals surface area contributed by atoms with Gasteiger partial charge in [0.15, 0.2) is 28.8 Å². The quantitative estimate of drug-likeness (QED) is 0.625. The van der Waals surface area contributed by atoms with E-state index in [1.165, 1.54) is 45.6 Å². The number of allylic oxidation sites excluding steroid dienone is 1. The molecular weight excluding hydrogens is 312 g/mol. The van der Waals surface area contributed by atoms with Gasteiger partial charge in [-0.1, -0.05) is 12.1 Å². The van der Waals surface area contributed by atoms with Crippen molar-refractivity contribution >= 4 is 11.9 Å². The van der Waals surface area contributed by atoms with Gasteiger partial charge in [0, 0.05) is 5.56 Å². The van der Waals surface area contributed by atoms with Crippen LogP contribution in [0.1, 0.15) is 15.9 Å². The molecule has 0 aromatic heterocycles. The molecule has 0 spiro atoms. The number of benzene rings is 2. The fourth-order valence-corrected chi connectivity index (χ4v) is 2.10. The van der Waals surface area contributed by atoms with Crippen molar-refractivity contribution in [2.45, 2.75) is 0 Å². The summed E-state index contributed by atoms with van der Waals surface area (Å²) in [5.74, 6) is 0.184. The van der Waals surface area contributed by atoms with Crippen LogP contribution < -0.4 is 14.2 Å². The Morgan fingerprint density at radius 1 is 0.917 bits per heavy atom. The van der Waals surface area contributed by atoms with Gasteiger partial charge in [0.25, 0.3) is 0 Å². The van der Waals surface area contributed by atoms with Crippen LogP contribution in [-0.4, -0.2) is 37.3 Å². The summed E-state index contributed by atoms with van der Waals surface area (Å²) < 4.78 is 15.1. The molecule has 2 aromatic carbocycles. The lowest BCUT2D eigenvalue weighted by molar-refractivity contribution is 0.104. The van der Waals surface area contributed by atoms with Gasteiger partial charge >= 0.3 is 0 Å². The number of hydrogen-bond acceptors (Lipinski definition) is 6. The number of phenols is 2. The molecule has 0 aliphatic rings. The van der Waals surface area contributed by atoms with E-state index < -0.39 is 0 Å². The van der Waals surface area contributed by atoms with Crippen LogP contribution in [0.2, 0.25) is 0 Å². The summed E-state index contributed by atoms with van der Waals surface area (Å²) in [5.41, 5.74) is 0.999. The molecule has 0 heterocycles. The summed E-state index contributed by atoms with van der Waals surface area (Å²) in [7, 11) is 4.23. The third-order valence-corrected chi connectivity index (χ3v) is 3.40. The monoisotopic (exact) mass is 330 g/mol. The maximum atomic E-state index is 12.3. The Labute approximate surface area is 139 Å². The molecule has 0 unspecified atom stereocenters. The molecule has 6 heteroatoms. The SMILES string of the molecule is COc1cc(/C=C/C(=O)c2cc(OC)c(O)c(OC)c2)ccc1O. The number of phenolic OH excluding ortho intramolecular Hbond substituents is 2. The summed E-state index contributed by atoms with van der Waals surface area (Å²) in [5, 5.41) is 19.4. The minimum absolute atomic E-state index is 0.0222. The molecule has 24 heavy (non-hydrogen) atoms. The highest BCUT2D eigenvalue weighted by molar-refractivity contribution is 6.07. The van der Waals surface area contributed by atoms with Gasteiger partial charge < -0.3 is 24.4 Å². The highest BCUT2D eigenvalue weighted by atomic mass is 16.5. The van der Waals surface area contributed by atoms with Crippen molar-refractivity contribution in [1.29, 1.82) is 0 Å². The second-order valence-electron chi connectivity index (χ2n) is 4.86. The number of carbonyl (C=O) groups is 1. The van der Waals surface area contributed by atoms with Crippen LogP contribution in [0.15, 0.2) is 36.4 Å². The van der Waals surface area contributed by atoms with E-state index in [0.29, 0.717) is 16.9 Å². The number of methoxy groups -OCH3 is 3. The van der Waals surface area contributed by atoms with Crippen LogP contribution in [0.4, 0.5) is 0 Å². The maximum absolute atomic E-state index is 12.3. The Bertz CT molecular complexity index is 754. The summed E-state index contributed by atoms with van der Waals surface area (Å²) >= 11 is 0. The molecule has 0 fully saturated rings. The highest BCUT2D eigenvalue weighted by Crippen LogP contribution is 2.37. The summed E-state index contributed by atoms with van der Waals surface area (Å²) in [6.07, 6.45) is 2.97. The summed E-state index contributed by atoms with van der Waals surface area (Å²) in [4.78, 5) is 12.3. The lowest BCUT2D eigenvalue weighted by Gasteiger charge is -2.09. The van der Waals surface area contributed by atoms with Crippen LogP contribution in [0.5, 0.6) is 28.7 Å². The summed E-state index contributed by atoms with van der Waals surface area (Å²) in [6.45, 7) is 0. The first kappa shape index (κ1) is 17.2. The molecule has 0 aliphatic heterocycles. The van der Waals surface area contributed by atoms with Crippen LogP contribution in [0, 0.1) is 0 Å². The van der Waals surface area contributed by atoms with E-state index in [9.17, 15) is 15.0 Å². The predicted octanol–water partition coefficient (Wildman–Crippen LogP) is 3.02. The van der Waals surface area contributed by atoms with Gasteiger partial charge in [0.2, 0.25) is 5.75 Å². The molecular formula is C18H18O6. The van der Waals surface area contributed by atoms with Crippen LogP contribution in [0.25, 0.3) is 6.08 Å². The first-order chi connectivity index (χ1) is 11.5. The molecule has 2 aromatic rings. The highest BCUT2D eigenvalue weighted by Gasteiger charge is 2.14. The molecule has 0 radical (unpaired) electrons. The second-order valence-corrected chi connectivity index (χ2v) is 4.86. The van der Waals surface area contributed by atoms with Crippen molar-refractivity contribution in [3.05, 3.63) is 47.5 Å².